The molecular weight excluding hydrogens is 761 g/mol. The van der Waals surface area contributed by atoms with Crippen LogP contribution in [-0.4, -0.2) is 105 Å². The molecule has 0 bridgehead atoms. The second-order valence-electron chi connectivity index (χ2n) is 8.26. The van der Waals surface area contributed by atoms with Gasteiger partial charge in [-0.25, -0.2) is 9.59 Å². The van der Waals surface area contributed by atoms with Crippen molar-refractivity contribution < 1.29 is 131 Å². The molecule has 6 nitrogen and oxygen atoms in total. The summed E-state index contributed by atoms with van der Waals surface area (Å²) < 4.78 is 296. The number of hydrogen-bond donors (Lipinski definition) is 4. The fraction of sp³-hybridized carbons (Fsp3) is 0.684. The minimum atomic E-state index is -9.22. The summed E-state index contributed by atoms with van der Waals surface area (Å²) in [6.45, 7) is 2.93. The van der Waals surface area contributed by atoms with Gasteiger partial charge in [0, 0.05) is 6.42 Å². The topological polar surface area (TPSA) is 115 Å². The first-order chi connectivity index (χ1) is 20.5. The summed E-state index contributed by atoms with van der Waals surface area (Å²) in [7, 11) is 0. The Labute approximate surface area is 247 Å². The largest absolute Gasteiger partial charge is 0.476 e. The third kappa shape index (κ3) is 8.65. The normalized spacial score (nSPS) is 14.9. The van der Waals surface area contributed by atoms with Crippen molar-refractivity contribution in [1.82, 2.24) is 0 Å². The molecule has 4 N–H and O–H groups in total. The molecule has 48 heavy (non-hydrogen) atoms. The minimum Gasteiger partial charge on any atom is -0.476 e. The van der Waals surface area contributed by atoms with Crippen molar-refractivity contribution in [3.8, 4) is 0 Å². The molecule has 0 saturated carbocycles. The molecule has 0 aromatic heterocycles. The number of carboxylic acid groups (broad SMARTS) is 2. The monoisotopic (exact) mass is 774 g/mol. The number of hydrogen-bond acceptors (Lipinski definition) is 4. The van der Waals surface area contributed by atoms with Crippen LogP contribution < -0.4 is 0 Å². The fourth-order valence-electron chi connectivity index (χ4n) is 2.08. The predicted molar refractivity (Wildman–Crippen MR) is 104 cm³/mol. The van der Waals surface area contributed by atoms with Crippen molar-refractivity contribution in [2.45, 2.75) is 72.0 Å². The fourth-order valence-corrected chi connectivity index (χ4v) is 2.08. The van der Waals surface area contributed by atoms with E-state index in [2.05, 4.69) is 13.2 Å². The van der Waals surface area contributed by atoms with Crippen LogP contribution in [0.4, 0.5) is 101 Å². The molecule has 0 heterocycles. The SMILES string of the molecule is C=C(F)C(=O)O.C=C(F)C(=O)O.OCC(O)CC(F)(F)C(F)(F)C(F)(F)C(F)(F)C(F)(F)C(F)(F)C(F)(F)C(F)(F)C(F)(F)C(F)(F)F. The lowest BCUT2D eigenvalue weighted by Crippen LogP contribution is -2.76. The predicted octanol–water partition coefficient (Wildman–Crippen LogP) is 7.12. The van der Waals surface area contributed by atoms with Gasteiger partial charge in [0.05, 0.1) is 12.7 Å². The first-order valence-electron chi connectivity index (χ1n) is 10.4. The van der Waals surface area contributed by atoms with E-state index in [0.717, 1.165) is 0 Å². The van der Waals surface area contributed by atoms with Gasteiger partial charge < -0.3 is 20.4 Å². The van der Waals surface area contributed by atoms with Crippen LogP contribution in [0.3, 0.4) is 0 Å². The highest BCUT2D eigenvalue weighted by Gasteiger charge is 2.97. The number of carboxylic acids is 2. The van der Waals surface area contributed by atoms with Gasteiger partial charge in [0.1, 0.15) is 0 Å². The molecule has 1 atom stereocenters. The molecule has 0 saturated heterocycles. The van der Waals surface area contributed by atoms with Gasteiger partial charge in [-0.2, -0.15) is 101 Å². The van der Waals surface area contributed by atoms with E-state index in [0.29, 0.717) is 0 Å². The molecule has 1 unspecified atom stereocenters. The minimum absolute atomic E-state index is 1.32. The molecule has 0 spiro atoms. The number of aliphatic carboxylic acids is 2. The summed E-state index contributed by atoms with van der Waals surface area (Å²) in [5.41, 5.74) is 0. The highest BCUT2D eigenvalue weighted by atomic mass is 19.4. The maximum absolute atomic E-state index is 13.5. The highest BCUT2D eigenvalue weighted by molar-refractivity contribution is 5.83. The van der Waals surface area contributed by atoms with Crippen LogP contribution in [0, 0.1) is 0 Å². The maximum Gasteiger partial charge on any atom is 0.460 e. The van der Waals surface area contributed by atoms with E-state index in [4.69, 9.17) is 20.4 Å². The maximum atomic E-state index is 13.5. The summed E-state index contributed by atoms with van der Waals surface area (Å²) in [5.74, 6) is -83.5. The Kier molecular flexibility index (Phi) is 15.0. The molecule has 286 valence electrons. The van der Waals surface area contributed by atoms with E-state index in [1.807, 2.05) is 0 Å². The first kappa shape index (κ1) is 49.1. The molecule has 29 heteroatoms. The van der Waals surface area contributed by atoms with Gasteiger partial charge in [0.2, 0.25) is 11.7 Å². The van der Waals surface area contributed by atoms with Crippen molar-refractivity contribution in [2.75, 3.05) is 6.61 Å². The molecule has 0 aromatic carbocycles. The average Bonchev–Trinajstić information content (AvgIpc) is 2.87. The van der Waals surface area contributed by atoms with E-state index < -0.39 is 102 Å². The van der Waals surface area contributed by atoms with E-state index in [-0.39, 0.29) is 0 Å². The van der Waals surface area contributed by atoms with Crippen LogP contribution in [0.1, 0.15) is 6.42 Å². The number of carbonyl (C=O) groups is 2. The lowest BCUT2D eigenvalue weighted by Gasteiger charge is -2.44. The lowest BCUT2D eigenvalue weighted by atomic mass is 9.85. The Morgan fingerprint density at radius 2 is 0.667 bits per heavy atom. The second-order valence-corrected chi connectivity index (χ2v) is 8.26. The van der Waals surface area contributed by atoms with Crippen LogP contribution in [0.25, 0.3) is 0 Å². The zero-order chi connectivity index (χ0) is 40.3. The lowest BCUT2D eigenvalue weighted by molar-refractivity contribution is -0.474. The third-order valence-corrected chi connectivity index (χ3v) is 4.74. The van der Waals surface area contributed by atoms with Gasteiger partial charge in [-0.15, -0.1) is 0 Å². The Morgan fingerprint density at radius 3 is 0.833 bits per heavy atom. The Balaban J connectivity index is -0.00000142. The summed E-state index contributed by atoms with van der Waals surface area (Å²) in [5, 5.41) is 31.7. The molecule has 0 radical (unpaired) electrons. The van der Waals surface area contributed by atoms with Gasteiger partial charge in [0.25, 0.3) is 0 Å². The second kappa shape index (κ2) is 14.7. The first-order valence-corrected chi connectivity index (χ1v) is 10.4. The van der Waals surface area contributed by atoms with Crippen LogP contribution >= 0.6 is 0 Å². The molecule has 0 aliphatic carbocycles. The average molecular weight is 774 g/mol. The van der Waals surface area contributed by atoms with Crippen LogP contribution in [0.5, 0.6) is 0 Å². The van der Waals surface area contributed by atoms with Gasteiger partial charge in [-0.1, -0.05) is 13.2 Å². The number of rotatable bonds is 13. The zero-order valence-corrected chi connectivity index (χ0v) is 21.7. The number of aliphatic hydroxyl groups is 2. The van der Waals surface area contributed by atoms with E-state index in [1.165, 1.54) is 0 Å². The molecule has 0 fully saturated rings. The zero-order valence-electron chi connectivity index (χ0n) is 21.7. The summed E-state index contributed by atoms with van der Waals surface area (Å²) in [6.07, 6.45) is -14.5. The smallest absolute Gasteiger partial charge is 0.460 e. The van der Waals surface area contributed by atoms with Gasteiger partial charge >= 0.3 is 71.4 Å². The van der Waals surface area contributed by atoms with Gasteiger partial charge in [-0.3, -0.25) is 0 Å². The molecule has 0 aliphatic heterocycles. The quantitative estimate of drug-likeness (QED) is 0.117. The van der Waals surface area contributed by atoms with Gasteiger partial charge in [0.15, 0.2) is 0 Å². The standard InChI is InChI=1S/C13H7F21O2.2C3H3FO2/c14-4(15,1-3(36)2-35)5(16,17)6(18,19)7(20,21)8(22,23)9(24,25)10(26,27)11(28,29)12(30,31)13(32,33)34;2*1-2(4)3(5)6/h3,35-36H,1-2H2;2*1H2,(H,5,6). The number of alkyl halides is 21. The Hall–Kier alpha value is -3.27. The summed E-state index contributed by atoms with van der Waals surface area (Å²) in [6, 6.07) is 0. The molecule has 0 aromatic rings. The number of halogens is 23. The number of aliphatic hydroxyl groups excluding tert-OH is 2. The summed E-state index contributed by atoms with van der Waals surface area (Å²) in [4.78, 5) is 18.4. The van der Waals surface area contributed by atoms with Crippen molar-refractivity contribution in [3.05, 3.63) is 24.8 Å². The molecule has 0 amide bonds. The van der Waals surface area contributed by atoms with Crippen LogP contribution in [0.15, 0.2) is 24.8 Å². The van der Waals surface area contributed by atoms with Crippen molar-refractivity contribution in [2.24, 2.45) is 0 Å². The molecule has 0 aliphatic rings. The Bertz CT molecular complexity index is 1110. The van der Waals surface area contributed by atoms with Crippen molar-refractivity contribution in [3.63, 3.8) is 0 Å². The highest BCUT2D eigenvalue weighted by Crippen LogP contribution is 2.66. The van der Waals surface area contributed by atoms with E-state index in [1.54, 1.807) is 0 Å². The summed E-state index contributed by atoms with van der Waals surface area (Å²) >= 11 is 0. The van der Waals surface area contributed by atoms with Crippen molar-refractivity contribution in [1.29, 1.82) is 0 Å². The Morgan fingerprint density at radius 1 is 0.479 bits per heavy atom. The van der Waals surface area contributed by atoms with E-state index in [9.17, 15) is 111 Å². The van der Waals surface area contributed by atoms with Gasteiger partial charge in [-0.05, 0) is 0 Å². The van der Waals surface area contributed by atoms with Crippen LogP contribution in [0.2, 0.25) is 0 Å². The molecular formula is C19H13F23O6. The van der Waals surface area contributed by atoms with Crippen LogP contribution in [-0.2, 0) is 9.59 Å². The van der Waals surface area contributed by atoms with Crippen molar-refractivity contribution >= 4 is 11.9 Å². The third-order valence-electron chi connectivity index (χ3n) is 4.74. The molecule has 0 rings (SSSR count). The van der Waals surface area contributed by atoms with E-state index >= 15 is 0 Å².